The quantitative estimate of drug-likeness (QED) is 0.563. The lowest BCUT2D eigenvalue weighted by Gasteiger charge is -2.13. The van der Waals surface area contributed by atoms with Crippen LogP contribution >= 0.6 is 11.8 Å². The van der Waals surface area contributed by atoms with Gasteiger partial charge in [0.05, 0.1) is 17.3 Å². The average Bonchev–Trinajstić information content (AvgIpc) is 2.60. The number of benzene rings is 2. The molecule has 1 N–H and O–H groups in total. The van der Waals surface area contributed by atoms with Crippen molar-refractivity contribution in [3.63, 3.8) is 0 Å². The van der Waals surface area contributed by atoms with Crippen LogP contribution in [0, 0.1) is 5.82 Å². The fourth-order valence-corrected chi connectivity index (χ4v) is 3.07. The third-order valence-corrected chi connectivity index (χ3v) is 4.35. The highest BCUT2D eigenvalue weighted by Gasteiger charge is 2.13. The van der Waals surface area contributed by atoms with Gasteiger partial charge in [0.2, 0.25) is 5.91 Å². The molecule has 0 aliphatic carbocycles. The number of fused-ring (bicyclic) bond motifs is 1. The first-order valence-electron chi connectivity index (χ1n) is 7.77. The number of nitrogens with zero attached hydrogens (tertiary/aromatic N) is 2. The van der Waals surface area contributed by atoms with Crippen LogP contribution in [0.2, 0.25) is 0 Å². The molecule has 3 rings (SSSR count). The number of carbonyl (C=O) groups is 1. The zero-order chi connectivity index (χ0) is 17.8. The van der Waals surface area contributed by atoms with E-state index in [2.05, 4.69) is 10.4 Å². The summed E-state index contributed by atoms with van der Waals surface area (Å²) in [6, 6.07) is 12.7. The van der Waals surface area contributed by atoms with Crippen molar-refractivity contribution in [1.29, 1.82) is 0 Å². The number of amides is 1. The largest absolute Gasteiger partial charge is 0.281 e. The van der Waals surface area contributed by atoms with Crippen molar-refractivity contribution in [3.8, 4) is 0 Å². The summed E-state index contributed by atoms with van der Waals surface area (Å²) in [7, 11) is 0. The van der Waals surface area contributed by atoms with Crippen LogP contribution in [0.5, 0.6) is 0 Å². The number of carbonyl (C=O) groups excluding carboxylic acids is 1. The highest BCUT2D eigenvalue weighted by molar-refractivity contribution is 7.99. The minimum atomic E-state index is -0.372. The van der Waals surface area contributed by atoms with Gasteiger partial charge in [-0.15, -0.1) is 0 Å². The van der Waals surface area contributed by atoms with Crippen LogP contribution in [0.1, 0.15) is 12.5 Å². The topological polar surface area (TPSA) is 64.0 Å². The number of hydrogen-bond acceptors (Lipinski definition) is 4. The van der Waals surface area contributed by atoms with E-state index >= 15 is 0 Å². The minimum absolute atomic E-state index is 0.0375. The number of nitrogens with one attached hydrogen (secondary N) is 1. The average molecular weight is 357 g/mol. The molecule has 1 heterocycles. The van der Waals surface area contributed by atoms with Gasteiger partial charge in [0.15, 0.2) is 5.16 Å². The first-order chi connectivity index (χ1) is 12.1. The minimum Gasteiger partial charge on any atom is -0.273 e. The van der Waals surface area contributed by atoms with Crippen LogP contribution in [0.4, 0.5) is 4.39 Å². The molecular formula is C18H16FN3O2S. The van der Waals surface area contributed by atoms with Gasteiger partial charge in [0, 0.05) is 0 Å². The Bertz CT molecular complexity index is 970. The lowest BCUT2D eigenvalue weighted by molar-refractivity contribution is -0.116. The van der Waals surface area contributed by atoms with Crippen LogP contribution < -0.4 is 11.0 Å². The van der Waals surface area contributed by atoms with E-state index in [9.17, 15) is 14.0 Å². The first kappa shape index (κ1) is 17.2. The lowest BCUT2D eigenvalue weighted by atomic mass is 10.1. The molecular weight excluding hydrogens is 341 g/mol. The Morgan fingerprint density at radius 2 is 1.92 bits per heavy atom. The summed E-state index contributed by atoms with van der Waals surface area (Å²) in [6.45, 7) is 1.94. The highest BCUT2D eigenvalue weighted by atomic mass is 32.2. The molecule has 0 saturated heterocycles. The van der Waals surface area contributed by atoms with Gasteiger partial charge < -0.3 is 0 Å². The Hall–Kier alpha value is -2.67. The van der Waals surface area contributed by atoms with Gasteiger partial charge >= 0.3 is 0 Å². The van der Waals surface area contributed by atoms with Crippen LogP contribution in [0.15, 0.2) is 58.5 Å². The normalized spacial score (nSPS) is 10.8. The number of aromatic nitrogens is 2. The van der Waals surface area contributed by atoms with E-state index in [1.165, 1.54) is 40.7 Å². The lowest BCUT2D eigenvalue weighted by Crippen LogP contribution is -2.35. The maximum atomic E-state index is 13.0. The molecule has 1 amide bonds. The van der Waals surface area contributed by atoms with E-state index in [0.717, 1.165) is 0 Å². The van der Waals surface area contributed by atoms with Crippen molar-refractivity contribution in [2.75, 3.05) is 11.2 Å². The van der Waals surface area contributed by atoms with Crippen molar-refractivity contribution in [2.24, 2.45) is 0 Å². The smallest absolute Gasteiger partial charge is 0.273 e. The Morgan fingerprint density at radius 3 is 2.64 bits per heavy atom. The third kappa shape index (κ3) is 3.88. The number of para-hydroxylation sites is 1. The van der Waals surface area contributed by atoms with E-state index in [1.54, 1.807) is 18.2 Å². The van der Waals surface area contributed by atoms with E-state index in [1.807, 2.05) is 13.0 Å². The van der Waals surface area contributed by atoms with Crippen LogP contribution in [-0.4, -0.2) is 21.3 Å². The van der Waals surface area contributed by atoms with Gasteiger partial charge in [-0.3, -0.25) is 15.0 Å². The van der Waals surface area contributed by atoms with Crippen LogP contribution in [-0.2, 0) is 11.2 Å². The predicted octanol–water partition coefficient (Wildman–Crippen LogP) is 2.96. The molecule has 0 radical (unpaired) electrons. The van der Waals surface area contributed by atoms with Crippen LogP contribution in [0.25, 0.3) is 10.9 Å². The second-order valence-electron chi connectivity index (χ2n) is 5.32. The maximum Gasteiger partial charge on any atom is 0.281 e. The fourth-order valence-electron chi connectivity index (χ4n) is 2.39. The SMILES string of the molecule is CCSc1nc2ccccc2c(=O)n1NC(=O)Cc1ccc(F)cc1. The van der Waals surface area contributed by atoms with Gasteiger partial charge in [0.25, 0.3) is 5.56 Å². The molecule has 0 aliphatic heterocycles. The van der Waals surface area contributed by atoms with E-state index < -0.39 is 0 Å². The molecule has 1 aromatic heterocycles. The standard InChI is InChI=1S/C18H16FN3O2S/c1-2-25-18-20-15-6-4-3-5-14(15)17(24)22(18)21-16(23)11-12-7-9-13(19)10-8-12/h3-10H,2,11H2,1H3,(H,21,23). The second kappa shape index (κ2) is 7.48. The molecule has 0 atom stereocenters. The van der Waals surface area contributed by atoms with E-state index in [0.29, 0.717) is 27.4 Å². The summed E-state index contributed by atoms with van der Waals surface area (Å²) in [6.07, 6.45) is 0.0375. The molecule has 0 fully saturated rings. The molecule has 0 unspecified atom stereocenters. The Morgan fingerprint density at radius 1 is 1.20 bits per heavy atom. The fraction of sp³-hybridized carbons (Fsp3) is 0.167. The number of rotatable bonds is 5. The molecule has 2 aromatic carbocycles. The molecule has 7 heteroatoms. The van der Waals surface area contributed by atoms with Crippen molar-refractivity contribution in [3.05, 3.63) is 70.3 Å². The third-order valence-electron chi connectivity index (χ3n) is 3.53. The Kier molecular flexibility index (Phi) is 5.14. The highest BCUT2D eigenvalue weighted by Crippen LogP contribution is 2.16. The Balaban J connectivity index is 1.92. The molecule has 3 aromatic rings. The summed E-state index contributed by atoms with van der Waals surface area (Å²) in [5, 5.41) is 0.865. The van der Waals surface area contributed by atoms with Crippen molar-refractivity contribution in [2.45, 2.75) is 18.5 Å². The van der Waals surface area contributed by atoms with Gasteiger partial charge in [-0.05, 0) is 35.6 Å². The van der Waals surface area contributed by atoms with Gasteiger partial charge in [-0.1, -0.05) is 43.0 Å². The summed E-state index contributed by atoms with van der Waals surface area (Å²) < 4.78 is 14.1. The molecule has 0 spiro atoms. The molecule has 0 saturated carbocycles. The number of thioether (sulfide) groups is 1. The molecule has 0 aliphatic rings. The molecule has 0 bridgehead atoms. The molecule has 128 valence electrons. The van der Waals surface area contributed by atoms with Gasteiger partial charge in [-0.2, -0.15) is 4.68 Å². The second-order valence-corrected chi connectivity index (χ2v) is 6.55. The van der Waals surface area contributed by atoms with Gasteiger partial charge in [0.1, 0.15) is 5.82 Å². The maximum absolute atomic E-state index is 13.0. The van der Waals surface area contributed by atoms with E-state index in [-0.39, 0.29) is 23.7 Å². The van der Waals surface area contributed by atoms with Crippen molar-refractivity contribution < 1.29 is 9.18 Å². The summed E-state index contributed by atoms with van der Waals surface area (Å²) in [5.41, 5.74) is 3.53. The summed E-state index contributed by atoms with van der Waals surface area (Å²) in [4.78, 5) is 29.5. The summed E-state index contributed by atoms with van der Waals surface area (Å²) >= 11 is 1.37. The molecule has 5 nitrogen and oxygen atoms in total. The summed E-state index contributed by atoms with van der Waals surface area (Å²) in [5.74, 6) is -0.0250. The van der Waals surface area contributed by atoms with Gasteiger partial charge in [-0.25, -0.2) is 9.37 Å². The van der Waals surface area contributed by atoms with Crippen LogP contribution in [0.3, 0.4) is 0 Å². The predicted molar refractivity (Wildman–Crippen MR) is 96.9 cm³/mol. The van der Waals surface area contributed by atoms with Crippen molar-refractivity contribution >= 4 is 28.6 Å². The zero-order valence-corrected chi connectivity index (χ0v) is 14.3. The zero-order valence-electron chi connectivity index (χ0n) is 13.5. The van der Waals surface area contributed by atoms with E-state index in [4.69, 9.17) is 0 Å². The Labute approximate surface area is 147 Å². The monoisotopic (exact) mass is 357 g/mol. The number of halogens is 1. The molecule has 25 heavy (non-hydrogen) atoms. The van der Waals surface area contributed by atoms with Crippen molar-refractivity contribution in [1.82, 2.24) is 9.66 Å². The number of hydrogen-bond donors (Lipinski definition) is 1. The first-order valence-corrected chi connectivity index (χ1v) is 8.76.